The van der Waals surface area contributed by atoms with Gasteiger partial charge in [-0.15, -0.1) is 0 Å². The summed E-state index contributed by atoms with van der Waals surface area (Å²) in [5.74, 6) is 0.218. The van der Waals surface area contributed by atoms with Crippen LogP contribution in [0.1, 0.15) is 13.8 Å². The van der Waals surface area contributed by atoms with Gasteiger partial charge in [-0.3, -0.25) is 9.79 Å². The second-order valence-electron chi connectivity index (χ2n) is 2.65. The summed E-state index contributed by atoms with van der Waals surface area (Å²) in [4.78, 5) is 15.2. The molecular weight excluding hydrogens is 126 g/mol. The molecule has 0 amide bonds. The van der Waals surface area contributed by atoms with Gasteiger partial charge < -0.3 is 0 Å². The van der Waals surface area contributed by atoms with E-state index in [1.807, 2.05) is 19.9 Å². The van der Waals surface area contributed by atoms with Crippen LogP contribution in [0, 0.1) is 5.92 Å². The van der Waals surface area contributed by atoms with Crippen LogP contribution in [-0.2, 0) is 4.79 Å². The van der Waals surface area contributed by atoms with Crippen molar-refractivity contribution in [2.45, 2.75) is 13.8 Å². The van der Waals surface area contributed by atoms with Gasteiger partial charge in [-0.1, -0.05) is 19.9 Å². The Balaban J connectivity index is 2.66. The van der Waals surface area contributed by atoms with E-state index in [9.17, 15) is 4.79 Å². The van der Waals surface area contributed by atoms with Crippen LogP contribution in [0.3, 0.4) is 0 Å². The molecule has 0 bridgehead atoms. The molecule has 10 heavy (non-hydrogen) atoms. The highest BCUT2D eigenvalue weighted by molar-refractivity contribution is 6.45. The van der Waals surface area contributed by atoms with Crippen molar-refractivity contribution in [1.29, 1.82) is 0 Å². The van der Waals surface area contributed by atoms with Crippen molar-refractivity contribution in [3.63, 3.8) is 0 Å². The van der Waals surface area contributed by atoms with E-state index in [4.69, 9.17) is 0 Å². The molecule has 0 radical (unpaired) electrons. The van der Waals surface area contributed by atoms with Crippen molar-refractivity contribution < 1.29 is 4.79 Å². The number of aliphatic imine (C=N–C) groups is 1. The molecule has 0 aromatic heterocycles. The number of nitrogens with zero attached hydrogens (tertiary/aromatic N) is 1. The first-order valence-electron chi connectivity index (χ1n) is 3.47. The Morgan fingerprint density at radius 1 is 1.70 bits per heavy atom. The molecule has 0 fully saturated rings. The smallest absolute Gasteiger partial charge is 0.183 e. The van der Waals surface area contributed by atoms with Crippen molar-refractivity contribution in [3.8, 4) is 0 Å². The molecule has 2 nitrogen and oxygen atoms in total. The van der Waals surface area contributed by atoms with Crippen LogP contribution in [0.5, 0.6) is 0 Å². The maximum Gasteiger partial charge on any atom is 0.183 e. The number of rotatable bonds is 2. The highest BCUT2D eigenvalue weighted by atomic mass is 16.1. The summed E-state index contributed by atoms with van der Waals surface area (Å²) in [7, 11) is 0. The molecule has 0 saturated carbocycles. The van der Waals surface area contributed by atoms with Crippen LogP contribution < -0.4 is 0 Å². The van der Waals surface area contributed by atoms with Crippen LogP contribution >= 0.6 is 0 Å². The minimum Gasteiger partial charge on any atom is -0.292 e. The Bertz CT molecular complexity index is 201. The van der Waals surface area contributed by atoms with Crippen molar-refractivity contribution >= 4 is 11.5 Å². The Hall–Kier alpha value is -0.920. The van der Waals surface area contributed by atoms with Crippen LogP contribution in [-0.4, -0.2) is 18.0 Å². The lowest BCUT2D eigenvalue weighted by Crippen LogP contribution is -2.16. The second-order valence-corrected chi connectivity index (χ2v) is 2.65. The normalized spacial score (nSPS) is 16.1. The van der Waals surface area contributed by atoms with E-state index in [-0.39, 0.29) is 11.7 Å². The molecule has 1 aliphatic rings. The van der Waals surface area contributed by atoms with Gasteiger partial charge in [-0.25, -0.2) is 0 Å². The fraction of sp³-hybridized carbons (Fsp3) is 0.500. The minimum atomic E-state index is 0.0708. The van der Waals surface area contributed by atoms with E-state index in [1.54, 1.807) is 6.08 Å². The Kier molecular flexibility index (Phi) is 2.00. The standard InChI is InChI=1S/C8H11NO/c1-6(2)8(10)7-4-3-5-9-7/h3-4,6H,5H2,1-2H3. The molecule has 0 unspecified atom stereocenters. The van der Waals surface area contributed by atoms with Crippen molar-refractivity contribution in [2.24, 2.45) is 10.9 Å². The van der Waals surface area contributed by atoms with Crippen molar-refractivity contribution in [1.82, 2.24) is 0 Å². The van der Waals surface area contributed by atoms with Crippen LogP contribution in [0.2, 0.25) is 0 Å². The zero-order valence-electron chi connectivity index (χ0n) is 6.29. The molecule has 0 atom stereocenters. The lowest BCUT2D eigenvalue weighted by atomic mass is 10.1. The van der Waals surface area contributed by atoms with Crippen LogP contribution in [0.25, 0.3) is 0 Å². The van der Waals surface area contributed by atoms with E-state index >= 15 is 0 Å². The number of hydrogen-bond donors (Lipinski definition) is 0. The number of ketones is 1. The fourth-order valence-electron chi connectivity index (χ4n) is 0.824. The highest BCUT2D eigenvalue weighted by Crippen LogP contribution is 2.02. The van der Waals surface area contributed by atoms with Gasteiger partial charge in [-0.05, 0) is 6.08 Å². The number of hydrogen-bond acceptors (Lipinski definition) is 2. The van der Waals surface area contributed by atoms with Gasteiger partial charge in [0.25, 0.3) is 0 Å². The number of carbonyl (C=O) groups is 1. The van der Waals surface area contributed by atoms with E-state index in [1.165, 1.54) is 0 Å². The summed E-state index contributed by atoms with van der Waals surface area (Å²) in [6, 6.07) is 0. The highest BCUT2D eigenvalue weighted by Gasteiger charge is 2.13. The van der Waals surface area contributed by atoms with Gasteiger partial charge in [0.1, 0.15) is 5.71 Å². The number of allylic oxidation sites excluding steroid dienone is 1. The molecule has 0 aromatic carbocycles. The van der Waals surface area contributed by atoms with E-state index < -0.39 is 0 Å². The van der Waals surface area contributed by atoms with Crippen molar-refractivity contribution in [2.75, 3.05) is 6.54 Å². The minimum absolute atomic E-state index is 0.0708. The summed E-state index contributed by atoms with van der Waals surface area (Å²) in [5, 5.41) is 0. The van der Waals surface area contributed by atoms with E-state index in [2.05, 4.69) is 4.99 Å². The summed E-state index contributed by atoms with van der Waals surface area (Å²) in [6.07, 6.45) is 3.69. The molecule has 1 heterocycles. The van der Waals surface area contributed by atoms with E-state index in [0.717, 1.165) is 0 Å². The third kappa shape index (κ3) is 1.32. The molecular formula is C8H11NO. The lowest BCUT2D eigenvalue weighted by molar-refractivity contribution is -0.115. The van der Waals surface area contributed by atoms with Gasteiger partial charge in [0.05, 0.1) is 6.54 Å². The Labute approximate surface area is 60.7 Å². The molecule has 0 spiro atoms. The zero-order chi connectivity index (χ0) is 7.56. The molecule has 54 valence electrons. The maximum absolute atomic E-state index is 11.2. The quantitative estimate of drug-likeness (QED) is 0.562. The van der Waals surface area contributed by atoms with E-state index in [0.29, 0.717) is 12.3 Å². The van der Waals surface area contributed by atoms with Gasteiger partial charge in [-0.2, -0.15) is 0 Å². The van der Waals surface area contributed by atoms with Gasteiger partial charge in [0.15, 0.2) is 5.78 Å². The third-order valence-electron chi connectivity index (χ3n) is 1.42. The Morgan fingerprint density at radius 2 is 2.40 bits per heavy atom. The molecule has 1 rings (SSSR count). The number of carbonyl (C=O) groups excluding carboxylic acids is 1. The first kappa shape index (κ1) is 7.19. The summed E-state index contributed by atoms with van der Waals surface area (Å²) < 4.78 is 0. The lowest BCUT2D eigenvalue weighted by Gasteiger charge is -1.99. The van der Waals surface area contributed by atoms with Crippen LogP contribution in [0.4, 0.5) is 0 Å². The fourth-order valence-corrected chi connectivity index (χ4v) is 0.824. The monoisotopic (exact) mass is 137 g/mol. The third-order valence-corrected chi connectivity index (χ3v) is 1.42. The summed E-state index contributed by atoms with van der Waals surface area (Å²) in [5.41, 5.74) is 0.634. The predicted octanol–water partition coefficient (Wildman–Crippen LogP) is 1.22. The maximum atomic E-state index is 11.2. The molecule has 1 aliphatic heterocycles. The first-order chi connectivity index (χ1) is 4.72. The molecule has 2 heteroatoms. The molecule has 0 saturated heterocycles. The largest absolute Gasteiger partial charge is 0.292 e. The van der Waals surface area contributed by atoms with Gasteiger partial charge in [0, 0.05) is 5.92 Å². The predicted molar refractivity (Wildman–Crippen MR) is 41.3 cm³/mol. The number of Topliss-reactive ketones (excluding diaryl/α,β-unsaturated/α-hetero) is 1. The summed E-state index contributed by atoms with van der Waals surface area (Å²) in [6.45, 7) is 4.45. The first-order valence-corrected chi connectivity index (χ1v) is 3.47. The summed E-state index contributed by atoms with van der Waals surface area (Å²) >= 11 is 0. The SMILES string of the molecule is CC(C)C(=O)C1=NCC=C1. The molecule has 0 aromatic rings. The molecule has 0 aliphatic carbocycles. The topological polar surface area (TPSA) is 29.4 Å². The van der Waals surface area contributed by atoms with Gasteiger partial charge >= 0.3 is 0 Å². The second kappa shape index (κ2) is 2.78. The molecule has 0 N–H and O–H groups in total. The average Bonchev–Trinajstić information content (AvgIpc) is 2.36. The van der Waals surface area contributed by atoms with Gasteiger partial charge in [0.2, 0.25) is 0 Å². The average molecular weight is 137 g/mol. The Morgan fingerprint density at radius 3 is 2.80 bits per heavy atom. The van der Waals surface area contributed by atoms with Crippen LogP contribution in [0.15, 0.2) is 17.1 Å². The zero-order valence-corrected chi connectivity index (χ0v) is 6.29. The van der Waals surface area contributed by atoms with Crippen molar-refractivity contribution in [3.05, 3.63) is 12.2 Å².